The van der Waals surface area contributed by atoms with Gasteiger partial charge in [0.2, 0.25) is 11.8 Å². The van der Waals surface area contributed by atoms with E-state index in [1.54, 1.807) is 4.90 Å². The Morgan fingerprint density at radius 3 is 2.00 bits per heavy atom. The van der Waals surface area contributed by atoms with Crippen molar-refractivity contribution < 1.29 is 9.59 Å². The van der Waals surface area contributed by atoms with Crippen LogP contribution in [-0.4, -0.2) is 22.8 Å². The summed E-state index contributed by atoms with van der Waals surface area (Å²) >= 11 is 0. The lowest BCUT2D eigenvalue weighted by atomic mass is 9.81. The van der Waals surface area contributed by atoms with E-state index in [9.17, 15) is 9.59 Å². The van der Waals surface area contributed by atoms with Crippen LogP contribution in [0.4, 0.5) is 0 Å². The van der Waals surface area contributed by atoms with Crippen LogP contribution in [0.15, 0.2) is 0 Å². The molecule has 3 nitrogen and oxygen atoms in total. The van der Waals surface area contributed by atoms with Crippen LogP contribution in [0, 0.1) is 29.6 Å². The molecule has 2 saturated carbocycles. The average molecular weight is 249 g/mol. The van der Waals surface area contributed by atoms with Gasteiger partial charge in [0.25, 0.3) is 0 Å². The molecule has 5 unspecified atom stereocenters. The Morgan fingerprint density at radius 2 is 1.61 bits per heavy atom. The van der Waals surface area contributed by atoms with Crippen molar-refractivity contribution in [2.24, 2.45) is 29.6 Å². The van der Waals surface area contributed by atoms with E-state index < -0.39 is 0 Å². The van der Waals surface area contributed by atoms with E-state index >= 15 is 0 Å². The van der Waals surface area contributed by atoms with E-state index in [0.717, 1.165) is 25.7 Å². The minimum Gasteiger partial charge on any atom is -0.279 e. The maximum Gasteiger partial charge on any atom is 0.233 e. The second-order valence-electron chi connectivity index (χ2n) is 6.65. The molecule has 2 amide bonds. The van der Waals surface area contributed by atoms with Gasteiger partial charge in [0.15, 0.2) is 0 Å². The molecule has 1 heterocycles. The fourth-order valence-corrected chi connectivity index (χ4v) is 4.71. The van der Waals surface area contributed by atoms with Gasteiger partial charge in [0.05, 0.1) is 11.8 Å². The number of carbonyl (C=O) groups is 2. The number of fused-ring (bicyclic) bond motifs is 5. The number of hydrogen-bond donors (Lipinski definition) is 0. The van der Waals surface area contributed by atoms with Crippen molar-refractivity contribution in [2.75, 3.05) is 0 Å². The van der Waals surface area contributed by atoms with Crippen LogP contribution in [-0.2, 0) is 9.59 Å². The average Bonchev–Trinajstić information content (AvgIpc) is 2.98. The van der Waals surface area contributed by atoms with Crippen LogP contribution in [0.3, 0.4) is 0 Å². The first-order valence-corrected chi connectivity index (χ1v) is 7.43. The quantitative estimate of drug-likeness (QED) is 0.720. The van der Waals surface area contributed by atoms with E-state index in [0.29, 0.717) is 17.8 Å². The highest BCUT2D eigenvalue weighted by Gasteiger charge is 2.61. The van der Waals surface area contributed by atoms with Gasteiger partial charge >= 0.3 is 0 Å². The zero-order valence-corrected chi connectivity index (χ0v) is 11.6. The molecule has 5 atom stereocenters. The third kappa shape index (κ3) is 1.42. The largest absolute Gasteiger partial charge is 0.279 e. The van der Waals surface area contributed by atoms with Gasteiger partial charge in [0.1, 0.15) is 0 Å². The lowest BCUT2D eigenvalue weighted by molar-refractivity contribution is -0.144. The van der Waals surface area contributed by atoms with Gasteiger partial charge in [0, 0.05) is 6.04 Å². The first kappa shape index (κ1) is 12.2. The van der Waals surface area contributed by atoms with Gasteiger partial charge in [-0.25, -0.2) is 0 Å². The van der Waals surface area contributed by atoms with Crippen molar-refractivity contribution in [3.05, 3.63) is 0 Å². The molecule has 0 N–H and O–H groups in total. The molecule has 1 aliphatic heterocycles. The number of carbonyl (C=O) groups excluding carboxylic acids is 2. The summed E-state index contributed by atoms with van der Waals surface area (Å²) in [4.78, 5) is 26.8. The number of imide groups is 1. The standard InChI is InChI=1S/C15H23NO2/c1-4-11(8(2)3)16-14(17)12-9-5-6-10(7-9)13(12)15(16)18/h8-13H,4-7H2,1-3H3. The predicted octanol–water partition coefficient (Wildman–Crippen LogP) is 2.45. The zero-order valence-electron chi connectivity index (χ0n) is 11.6. The monoisotopic (exact) mass is 249 g/mol. The third-order valence-electron chi connectivity index (χ3n) is 5.48. The van der Waals surface area contributed by atoms with E-state index in [4.69, 9.17) is 0 Å². The molecule has 1 saturated heterocycles. The third-order valence-corrected chi connectivity index (χ3v) is 5.48. The van der Waals surface area contributed by atoms with Crippen molar-refractivity contribution in [1.82, 2.24) is 4.90 Å². The Hall–Kier alpha value is -0.860. The molecule has 2 aliphatic carbocycles. The summed E-state index contributed by atoms with van der Waals surface area (Å²) in [7, 11) is 0. The Balaban J connectivity index is 1.90. The number of amides is 2. The number of hydrogen-bond acceptors (Lipinski definition) is 2. The molecule has 0 aromatic rings. The molecular weight excluding hydrogens is 226 g/mol. The number of nitrogens with zero attached hydrogens (tertiary/aromatic N) is 1. The van der Waals surface area contributed by atoms with E-state index in [2.05, 4.69) is 20.8 Å². The minimum atomic E-state index is 0.0454. The van der Waals surface area contributed by atoms with Gasteiger partial charge in [-0.1, -0.05) is 20.8 Å². The Morgan fingerprint density at radius 1 is 1.11 bits per heavy atom. The fraction of sp³-hybridized carbons (Fsp3) is 0.867. The van der Waals surface area contributed by atoms with Gasteiger partial charge in [-0.05, 0) is 43.4 Å². The highest BCUT2D eigenvalue weighted by molar-refractivity contribution is 6.06. The zero-order chi connectivity index (χ0) is 13.0. The second kappa shape index (κ2) is 4.07. The molecule has 0 aromatic heterocycles. The normalized spacial score (nSPS) is 39.9. The molecule has 0 radical (unpaired) electrons. The summed E-state index contributed by atoms with van der Waals surface area (Å²) in [6.45, 7) is 6.29. The molecule has 3 heteroatoms. The maximum atomic E-state index is 12.6. The van der Waals surface area contributed by atoms with Gasteiger partial charge in [-0.2, -0.15) is 0 Å². The van der Waals surface area contributed by atoms with Crippen molar-refractivity contribution >= 4 is 11.8 Å². The van der Waals surface area contributed by atoms with Gasteiger partial charge in [-0.3, -0.25) is 14.5 Å². The molecule has 3 rings (SSSR count). The first-order chi connectivity index (χ1) is 8.56. The number of likely N-dealkylation sites (tertiary alicyclic amines) is 1. The minimum absolute atomic E-state index is 0.0454. The van der Waals surface area contributed by atoms with E-state index in [-0.39, 0.29) is 29.7 Å². The summed E-state index contributed by atoms with van der Waals surface area (Å²) < 4.78 is 0. The molecule has 0 spiro atoms. The Kier molecular flexibility index (Phi) is 2.76. The van der Waals surface area contributed by atoms with Gasteiger partial charge < -0.3 is 0 Å². The second-order valence-corrected chi connectivity index (χ2v) is 6.65. The topological polar surface area (TPSA) is 37.4 Å². The van der Waals surface area contributed by atoms with Crippen molar-refractivity contribution in [3.63, 3.8) is 0 Å². The maximum absolute atomic E-state index is 12.6. The van der Waals surface area contributed by atoms with Crippen LogP contribution in [0.2, 0.25) is 0 Å². The molecule has 18 heavy (non-hydrogen) atoms. The van der Waals surface area contributed by atoms with Crippen LogP contribution in [0.1, 0.15) is 46.5 Å². The molecule has 3 fully saturated rings. The van der Waals surface area contributed by atoms with E-state index in [1.807, 2.05) is 0 Å². The van der Waals surface area contributed by atoms with Crippen LogP contribution in [0.25, 0.3) is 0 Å². The first-order valence-electron chi connectivity index (χ1n) is 7.43. The lowest BCUT2D eigenvalue weighted by Crippen LogP contribution is -2.44. The van der Waals surface area contributed by atoms with Crippen LogP contribution < -0.4 is 0 Å². The van der Waals surface area contributed by atoms with Crippen molar-refractivity contribution in [1.29, 1.82) is 0 Å². The summed E-state index contributed by atoms with van der Waals surface area (Å²) in [5.41, 5.74) is 0. The highest BCUT2D eigenvalue weighted by Crippen LogP contribution is 2.56. The smallest absolute Gasteiger partial charge is 0.233 e. The summed E-state index contributed by atoms with van der Waals surface area (Å²) in [6, 6.07) is 0.106. The van der Waals surface area contributed by atoms with E-state index in [1.165, 1.54) is 0 Å². The Labute approximate surface area is 109 Å². The van der Waals surface area contributed by atoms with Gasteiger partial charge in [-0.15, -0.1) is 0 Å². The molecule has 0 aromatic carbocycles. The van der Waals surface area contributed by atoms with Crippen molar-refractivity contribution in [2.45, 2.75) is 52.5 Å². The summed E-state index contributed by atoms with van der Waals surface area (Å²) in [6.07, 6.45) is 4.33. The molecule has 3 aliphatic rings. The molecule has 2 bridgehead atoms. The Bertz CT molecular complexity index is 362. The molecule has 100 valence electrons. The van der Waals surface area contributed by atoms with Crippen LogP contribution >= 0.6 is 0 Å². The highest BCUT2D eigenvalue weighted by atomic mass is 16.2. The van der Waals surface area contributed by atoms with Crippen molar-refractivity contribution in [3.8, 4) is 0 Å². The van der Waals surface area contributed by atoms with Crippen LogP contribution in [0.5, 0.6) is 0 Å². The lowest BCUT2D eigenvalue weighted by Gasteiger charge is -2.29. The fourth-order valence-electron chi connectivity index (χ4n) is 4.71. The summed E-state index contributed by atoms with van der Waals surface area (Å²) in [5, 5.41) is 0. The molecular formula is C15H23NO2. The SMILES string of the molecule is CCC(C(C)C)N1C(=O)C2C3CCC(C3)C2C1=O. The summed E-state index contributed by atoms with van der Waals surface area (Å²) in [5.74, 6) is 1.76. The number of rotatable bonds is 3. The predicted molar refractivity (Wildman–Crippen MR) is 68.6 cm³/mol.